The van der Waals surface area contributed by atoms with Gasteiger partial charge < -0.3 is 4.57 Å². The first-order valence-electron chi connectivity index (χ1n) is 6.86. The average molecular weight is 297 g/mol. The van der Waals surface area contributed by atoms with Gasteiger partial charge in [-0.3, -0.25) is 14.3 Å². The van der Waals surface area contributed by atoms with Crippen LogP contribution in [0.5, 0.6) is 0 Å². The van der Waals surface area contributed by atoms with Gasteiger partial charge in [0.1, 0.15) is 0 Å². The number of nitrogens with zero attached hydrogens (tertiary/aromatic N) is 2. The lowest BCUT2D eigenvalue weighted by molar-refractivity contribution is 0.112. The first-order valence-corrected chi connectivity index (χ1v) is 6.86. The minimum Gasteiger partial charge on any atom is -0.343 e. The molecule has 0 atom stereocenters. The summed E-state index contributed by atoms with van der Waals surface area (Å²) in [6.07, 6.45) is 4.75. The van der Waals surface area contributed by atoms with Crippen LogP contribution < -0.4 is 5.76 Å². The number of hydrogen-bond donors (Lipinski definition) is 1. The van der Waals surface area contributed by atoms with Crippen LogP contribution >= 0.6 is 0 Å². The van der Waals surface area contributed by atoms with Gasteiger partial charge in [-0.05, 0) is 19.9 Å². The lowest BCUT2D eigenvalue weighted by Crippen LogP contribution is -1.95. The molecule has 0 radical (unpaired) electrons. The van der Waals surface area contributed by atoms with Crippen molar-refractivity contribution in [3.63, 3.8) is 0 Å². The molecule has 0 fully saturated rings. The van der Waals surface area contributed by atoms with Gasteiger partial charge in [0.2, 0.25) is 0 Å². The fraction of sp³-hybridized carbons (Fsp3) is 0.188. The van der Waals surface area contributed by atoms with E-state index in [-0.39, 0.29) is 0 Å². The van der Waals surface area contributed by atoms with E-state index in [1.807, 2.05) is 36.7 Å². The summed E-state index contributed by atoms with van der Waals surface area (Å²) in [6.45, 7) is 4.72. The van der Waals surface area contributed by atoms with E-state index in [0.29, 0.717) is 17.9 Å². The first kappa shape index (κ1) is 14.1. The maximum atomic E-state index is 11.2. The summed E-state index contributed by atoms with van der Waals surface area (Å²) < 4.78 is 6.53. The number of hydrogen-bond acceptors (Lipinski definition) is 4. The molecule has 1 N–H and O–H groups in total. The van der Waals surface area contributed by atoms with E-state index in [4.69, 9.17) is 0 Å². The van der Waals surface area contributed by atoms with Crippen LogP contribution in [0, 0.1) is 0 Å². The highest BCUT2D eigenvalue weighted by molar-refractivity contribution is 5.99. The molecule has 6 nitrogen and oxygen atoms in total. The van der Waals surface area contributed by atoms with Crippen molar-refractivity contribution in [3.8, 4) is 11.4 Å². The van der Waals surface area contributed by atoms with Crippen LogP contribution in [-0.2, 0) is 6.54 Å². The molecule has 0 spiro atoms. The van der Waals surface area contributed by atoms with E-state index >= 15 is 0 Å². The lowest BCUT2D eigenvalue weighted by Gasteiger charge is -2.03. The zero-order valence-electron chi connectivity index (χ0n) is 12.3. The van der Waals surface area contributed by atoms with Crippen molar-refractivity contribution in [3.05, 3.63) is 52.2 Å². The standard InChI is InChI=1S/C16H15N3O3/c1-10(2)5-6-19-8-12(9-20)13-4-3-11(7-14(13)19)15-17-16(21)22-18-15/h3-5,7-9H,6H2,1-2H3,(H,17,18,21). The smallest absolute Gasteiger partial charge is 0.343 e. The fourth-order valence-corrected chi connectivity index (χ4v) is 2.35. The summed E-state index contributed by atoms with van der Waals surface area (Å²) in [5.41, 5.74) is 3.47. The van der Waals surface area contributed by atoms with Gasteiger partial charge in [0, 0.05) is 34.8 Å². The van der Waals surface area contributed by atoms with Gasteiger partial charge in [0.25, 0.3) is 0 Å². The maximum absolute atomic E-state index is 11.2. The van der Waals surface area contributed by atoms with Gasteiger partial charge >= 0.3 is 5.76 Å². The van der Waals surface area contributed by atoms with Crippen molar-refractivity contribution >= 4 is 17.2 Å². The highest BCUT2D eigenvalue weighted by Gasteiger charge is 2.11. The van der Waals surface area contributed by atoms with Crippen LogP contribution in [0.15, 0.2) is 45.4 Å². The molecule has 0 aliphatic carbocycles. The number of rotatable bonds is 4. The topological polar surface area (TPSA) is 80.9 Å². The number of aldehydes is 1. The molecular formula is C16H15N3O3. The van der Waals surface area contributed by atoms with Crippen LogP contribution in [0.3, 0.4) is 0 Å². The summed E-state index contributed by atoms with van der Waals surface area (Å²) >= 11 is 0. The SMILES string of the molecule is CC(C)=CCn1cc(C=O)c2ccc(-c3noc(=O)[nH]3)cc21. The second-order valence-corrected chi connectivity index (χ2v) is 5.31. The number of fused-ring (bicyclic) bond motifs is 1. The molecular weight excluding hydrogens is 282 g/mol. The third-order valence-electron chi connectivity index (χ3n) is 3.45. The van der Waals surface area contributed by atoms with Crippen molar-refractivity contribution in [2.24, 2.45) is 0 Å². The zero-order chi connectivity index (χ0) is 15.7. The van der Waals surface area contributed by atoms with Gasteiger partial charge in [0.05, 0.1) is 0 Å². The van der Waals surface area contributed by atoms with E-state index < -0.39 is 5.76 Å². The van der Waals surface area contributed by atoms with Crippen molar-refractivity contribution in [1.29, 1.82) is 0 Å². The van der Waals surface area contributed by atoms with Crippen LogP contribution in [0.1, 0.15) is 24.2 Å². The van der Waals surface area contributed by atoms with E-state index in [9.17, 15) is 9.59 Å². The third-order valence-corrected chi connectivity index (χ3v) is 3.45. The van der Waals surface area contributed by atoms with Gasteiger partial charge in [-0.1, -0.05) is 28.9 Å². The Morgan fingerprint density at radius 3 is 2.86 bits per heavy atom. The Bertz CT molecular complexity index is 924. The normalized spacial score (nSPS) is 10.8. The van der Waals surface area contributed by atoms with Crippen LogP contribution in [0.2, 0.25) is 0 Å². The Kier molecular flexibility index (Phi) is 3.50. The largest absolute Gasteiger partial charge is 0.439 e. The first-order chi connectivity index (χ1) is 10.6. The molecule has 112 valence electrons. The number of carbonyl (C=O) groups excluding carboxylic acids is 1. The van der Waals surface area contributed by atoms with Gasteiger partial charge in [-0.2, -0.15) is 0 Å². The van der Waals surface area contributed by atoms with Gasteiger partial charge in [0.15, 0.2) is 12.1 Å². The van der Waals surface area contributed by atoms with E-state index in [1.54, 1.807) is 6.07 Å². The third kappa shape index (κ3) is 2.50. The Balaban J connectivity index is 2.16. The molecule has 1 aromatic carbocycles. The molecule has 0 unspecified atom stereocenters. The van der Waals surface area contributed by atoms with E-state index in [1.165, 1.54) is 5.57 Å². The second-order valence-electron chi connectivity index (χ2n) is 5.31. The molecule has 22 heavy (non-hydrogen) atoms. The number of carbonyl (C=O) groups is 1. The quantitative estimate of drug-likeness (QED) is 0.593. The van der Waals surface area contributed by atoms with E-state index in [2.05, 4.69) is 20.7 Å². The molecule has 2 heterocycles. The number of benzene rings is 1. The van der Waals surface area contributed by atoms with Crippen LogP contribution in [0.25, 0.3) is 22.3 Å². The van der Waals surface area contributed by atoms with E-state index in [0.717, 1.165) is 22.8 Å². The monoisotopic (exact) mass is 297 g/mol. The molecule has 0 aliphatic heterocycles. The maximum Gasteiger partial charge on any atom is 0.439 e. The molecule has 0 bridgehead atoms. The Hall–Kier alpha value is -2.89. The minimum absolute atomic E-state index is 0.370. The van der Waals surface area contributed by atoms with Gasteiger partial charge in [-0.15, -0.1) is 0 Å². The minimum atomic E-state index is -0.594. The zero-order valence-corrected chi connectivity index (χ0v) is 12.3. The molecule has 0 aliphatic rings. The molecule has 2 aromatic heterocycles. The molecule has 0 saturated heterocycles. The van der Waals surface area contributed by atoms with Crippen LogP contribution in [0.4, 0.5) is 0 Å². The van der Waals surface area contributed by atoms with Crippen molar-refractivity contribution in [2.75, 3.05) is 0 Å². The molecule has 3 aromatic rings. The van der Waals surface area contributed by atoms with Crippen molar-refractivity contribution < 1.29 is 9.32 Å². The van der Waals surface area contributed by atoms with Crippen molar-refractivity contribution in [2.45, 2.75) is 20.4 Å². The summed E-state index contributed by atoms with van der Waals surface area (Å²) in [5.74, 6) is -0.224. The highest BCUT2D eigenvalue weighted by atomic mass is 16.5. The second kappa shape index (κ2) is 5.48. The Morgan fingerprint density at radius 2 is 2.23 bits per heavy atom. The van der Waals surface area contributed by atoms with Crippen LogP contribution in [-0.4, -0.2) is 21.0 Å². The number of aromatic nitrogens is 3. The summed E-state index contributed by atoms with van der Waals surface area (Å²) in [5, 5.41) is 4.56. The Morgan fingerprint density at radius 1 is 1.41 bits per heavy atom. The number of aromatic amines is 1. The summed E-state index contributed by atoms with van der Waals surface area (Å²) in [7, 11) is 0. The lowest BCUT2D eigenvalue weighted by atomic mass is 10.1. The van der Waals surface area contributed by atoms with Crippen molar-refractivity contribution in [1.82, 2.24) is 14.7 Å². The predicted molar refractivity (Wildman–Crippen MR) is 82.9 cm³/mol. The highest BCUT2D eigenvalue weighted by Crippen LogP contribution is 2.25. The fourth-order valence-electron chi connectivity index (χ4n) is 2.35. The number of allylic oxidation sites excluding steroid dienone is 2. The number of H-pyrrole nitrogens is 1. The molecule has 0 amide bonds. The molecule has 3 rings (SSSR count). The molecule has 0 saturated carbocycles. The summed E-state index contributed by atoms with van der Waals surface area (Å²) in [6, 6.07) is 5.53. The average Bonchev–Trinajstić information content (AvgIpc) is 3.08. The summed E-state index contributed by atoms with van der Waals surface area (Å²) in [4.78, 5) is 24.8. The Labute approximate surface area is 126 Å². The predicted octanol–water partition coefficient (Wildman–Crippen LogP) is 2.76. The van der Waals surface area contributed by atoms with Gasteiger partial charge in [-0.25, -0.2) is 4.79 Å². The molecule has 6 heteroatoms. The number of nitrogens with one attached hydrogen (secondary N) is 1.